The molecule has 29 heavy (non-hydrogen) atoms. The van der Waals surface area contributed by atoms with Crippen molar-refractivity contribution in [3.05, 3.63) is 83.7 Å². The Morgan fingerprint density at radius 3 is 2.62 bits per heavy atom. The fourth-order valence-corrected chi connectivity index (χ4v) is 3.46. The summed E-state index contributed by atoms with van der Waals surface area (Å²) in [4.78, 5) is 18.4. The van der Waals surface area contributed by atoms with Crippen molar-refractivity contribution in [1.82, 2.24) is 15.0 Å². The van der Waals surface area contributed by atoms with Crippen molar-refractivity contribution in [3.8, 4) is 11.3 Å². The smallest absolute Gasteiger partial charge is 0.257 e. The number of pyridine rings is 1. The molecule has 0 saturated heterocycles. The van der Waals surface area contributed by atoms with Gasteiger partial charge in [-0.15, -0.1) is 0 Å². The van der Waals surface area contributed by atoms with Gasteiger partial charge < -0.3 is 15.2 Å². The van der Waals surface area contributed by atoms with Gasteiger partial charge >= 0.3 is 0 Å². The molecular weight excluding hydrogens is 364 g/mol. The molecule has 0 aliphatic rings. The number of para-hydroxylation sites is 1. The zero-order chi connectivity index (χ0) is 20.4. The number of carbonyl (C=O) groups is 1. The molecule has 1 unspecified atom stereocenters. The number of carbonyl (C=O) groups excluding carboxylic acids is 1. The van der Waals surface area contributed by atoms with Crippen LogP contribution in [0.25, 0.3) is 22.2 Å². The van der Waals surface area contributed by atoms with E-state index in [4.69, 9.17) is 10.3 Å². The van der Waals surface area contributed by atoms with E-state index >= 15 is 0 Å². The first kappa shape index (κ1) is 18.8. The maximum atomic E-state index is 12.5. The van der Waals surface area contributed by atoms with Crippen LogP contribution in [-0.4, -0.2) is 35.0 Å². The van der Waals surface area contributed by atoms with Crippen LogP contribution >= 0.6 is 0 Å². The predicted octanol–water partition coefficient (Wildman–Crippen LogP) is 3.83. The van der Waals surface area contributed by atoms with Crippen molar-refractivity contribution in [2.24, 2.45) is 5.73 Å². The second-order valence-electron chi connectivity index (χ2n) is 7.13. The van der Waals surface area contributed by atoms with Crippen molar-refractivity contribution in [1.29, 1.82) is 0 Å². The van der Waals surface area contributed by atoms with Crippen LogP contribution in [0.2, 0.25) is 0 Å². The molecule has 0 spiro atoms. The first-order valence-corrected chi connectivity index (χ1v) is 9.41. The van der Waals surface area contributed by atoms with E-state index in [0.717, 1.165) is 22.2 Å². The summed E-state index contributed by atoms with van der Waals surface area (Å²) in [7, 11) is 3.43. The van der Waals surface area contributed by atoms with E-state index in [1.807, 2.05) is 54.6 Å². The molecule has 0 bridgehead atoms. The Hall–Kier alpha value is -3.51. The molecule has 1 atom stereocenters. The topological polar surface area (TPSA) is 85.2 Å². The number of rotatable bonds is 5. The Morgan fingerprint density at radius 2 is 1.86 bits per heavy atom. The molecule has 2 aromatic heterocycles. The van der Waals surface area contributed by atoms with E-state index in [1.54, 1.807) is 26.4 Å². The van der Waals surface area contributed by atoms with Crippen LogP contribution in [0.15, 0.2) is 71.4 Å². The maximum Gasteiger partial charge on any atom is 0.257 e. The molecule has 6 nitrogen and oxygen atoms in total. The molecule has 4 aromatic rings. The van der Waals surface area contributed by atoms with Gasteiger partial charge in [0, 0.05) is 44.0 Å². The zero-order valence-electron chi connectivity index (χ0n) is 16.4. The van der Waals surface area contributed by atoms with E-state index in [1.165, 1.54) is 4.90 Å². The molecule has 4 rings (SSSR count). The molecule has 0 saturated carbocycles. The highest BCUT2D eigenvalue weighted by Crippen LogP contribution is 2.34. The molecule has 1 amide bonds. The number of hydrogen-bond donors (Lipinski definition) is 1. The monoisotopic (exact) mass is 386 g/mol. The lowest BCUT2D eigenvalue weighted by Crippen LogP contribution is -2.21. The molecular formula is C23H22N4O2. The van der Waals surface area contributed by atoms with Gasteiger partial charge in [-0.2, -0.15) is 0 Å². The normalized spacial score (nSPS) is 12.1. The lowest BCUT2D eigenvalue weighted by atomic mass is 9.94. The number of aromatic nitrogens is 2. The Morgan fingerprint density at radius 1 is 1.07 bits per heavy atom. The first-order chi connectivity index (χ1) is 14.1. The van der Waals surface area contributed by atoms with Crippen molar-refractivity contribution >= 4 is 16.9 Å². The molecule has 0 radical (unpaired) electrons. The Labute approximate surface area is 168 Å². The third kappa shape index (κ3) is 3.62. The van der Waals surface area contributed by atoms with E-state index < -0.39 is 0 Å². The third-order valence-electron chi connectivity index (χ3n) is 4.91. The molecule has 0 fully saturated rings. The second kappa shape index (κ2) is 7.85. The molecule has 146 valence electrons. The highest BCUT2D eigenvalue weighted by molar-refractivity contribution is 6.07. The van der Waals surface area contributed by atoms with Gasteiger partial charge in [-0.3, -0.25) is 9.78 Å². The highest BCUT2D eigenvalue weighted by Gasteiger charge is 2.21. The minimum Gasteiger partial charge on any atom is -0.355 e. The number of amides is 1. The van der Waals surface area contributed by atoms with E-state index in [-0.39, 0.29) is 11.9 Å². The summed E-state index contributed by atoms with van der Waals surface area (Å²) in [6.45, 7) is 0. The molecule has 6 heteroatoms. The van der Waals surface area contributed by atoms with E-state index in [0.29, 0.717) is 23.3 Å². The highest BCUT2D eigenvalue weighted by atomic mass is 16.5. The fraction of sp³-hybridized carbons (Fsp3) is 0.174. The lowest BCUT2D eigenvalue weighted by Gasteiger charge is -2.15. The molecule has 0 aliphatic carbocycles. The minimum absolute atomic E-state index is 0.126. The SMILES string of the molecule is CN(C)C(=O)c1cccc2c(-c3ccccc3C(N)Cc3ccccn3)noc12. The van der Waals surface area contributed by atoms with Crippen LogP contribution in [0.1, 0.15) is 27.7 Å². The average Bonchev–Trinajstić information content (AvgIpc) is 3.18. The minimum atomic E-state index is -0.251. The van der Waals surface area contributed by atoms with Crippen LogP contribution in [-0.2, 0) is 6.42 Å². The quantitative estimate of drug-likeness (QED) is 0.563. The summed E-state index contributed by atoms with van der Waals surface area (Å²) >= 11 is 0. The summed E-state index contributed by atoms with van der Waals surface area (Å²) in [5, 5.41) is 5.09. The van der Waals surface area contributed by atoms with Gasteiger partial charge in [-0.05, 0) is 29.8 Å². The summed E-state index contributed by atoms with van der Waals surface area (Å²) in [6.07, 6.45) is 2.38. The number of nitrogens with two attached hydrogens (primary N) is 1. The summed E-state index contributed by atoms with van der Waals surface area (Å²) in [5.74, 6) is -0.126. The molecule has 2 heterocycles. The van der Waals surface area contributed by atoms with Crippen molar-refractivity contribution < 1.29 is 9.32 Å². The standard InChI is InChI=1S/C23H22N4O2/c1-27(2)23(28)19-12-7-11-18-21(26-29-22(18)19)17-10-4-3-9-16(17)20(24)14-15-8-5-6-13-25-15/h3-13,20H,14,24H2,1-2H3. The van der Waals surface area contributed by atoms with Gasteiger partial charge in [0.2, 0.25) is 0 Å². The molecule has 0 aliphatic heterocycles. The Bertz CT molecular complexity index is 1150. The van der Waals surface area contributed by atoms with Gasteiger partial charge in [-0.25, -0.2) is 0 Å². The number of benzene rings is 2. The van der Waals surface area contributed by atoms with Crippen LogP contribution in [0.5, 0.6) is 0 Å². The summed E-state index contributed by atoms with van der Waals surface area (Å²) < 4.78 is 5.61. The maximum absolute atomic E-state index is 12.5. The number of nitrogens with zero attached hydrogens (tertiary/aromatic N) is 3. The van der Waals surface area contributed by atoms with Crippen LogP contribution < -0.4 is 5.73 Å². The third-order valence-corrected chi connectivity index (χ3v) is 4.91. The average molecular weight is 386 g/mol. The van der Waals surface area contributed by atoms with Gasteiger partial charge in [0.1, 0.15) is 5.69 Å². The van der Waals surface area contributed by atoms with Gasteiger partial charge in [0.15, 0.2) is 5.58 Å². The summed E-state index contributed by atoms with van der Waals surface area (Å²) in [5.41, 5.74) is 11.0. The van der Waals surface area contributed by atoms with E-state index in [2.05, 4.69) is 10.1 Å². The fourth-order valence-electron chi connectivity index (χ4n) is 3.46. The van der Waals surface area contributed by atoms with Crippen LogP contribution in [0, 0.1) is 0 Å². The largest absolute Gasteiger partial charge is 0.355 e. The zero-order valence-corrected chi connectivity index (χ0v) is 16.4. The van der Waals surface area contributed by atoms with E-state index in [9.17, 15) is 4.79 Å². The first-order valence-electron chi connectivity index (χ1n) is 9.41. The lowest BCUT2D eigenvalue weighted by molar-refractivity contribution is 0.0828. The van der Waals surface area contributed by atoms with Crippen molar-refractivity contribution in [2.45, 2.75) is 12.5 Å². The van der Waals surface area contributed by atoms with Crippen LogP contribution in [0.4, 0.5) is 0 Å². The number of fused-ring (bicyclic) bond motifs is 1. The van der Waals surface area contributed by atoms with Gasteiger partial charge in [-0.1, -0.05) is 41.6 Å². The summed E-state index contributed by atoms with van der Waals surface area (Å²) in [6, 6.07) is 18.9. The van der Waals surface area contributed by atoms with Gasteiger partial charge in [0.05, 0.1) is 10.9 Å². The predicted molar refractivity (Wildman–Crippen MR) is 112 cm³/mol. The molecule has 2 N–H and O–H groups in total. The Balaban J connectivity index is 1.77. The van der Waals surface area contributed by atoms with Gasteiger partial charge in [0.25, 0.3) is 5.91 Å². The number of hydrogen-bond acceptors (Lipinski definition) is 5. The van der Waals surface area contributed by atoms with Crippen molar-refractivity contribution in [3.63, 3.8) is 0 Å². The Kier molecular flexibility index (Phi) is 5.10. The van der Waals surface area contributed by atoms with Crippen LogP contribution in [0.3, 0.4) is 0 Å². The second-order valence-corrected chi connectivity index (χ2v) is 7.13. The molecule has 2 aromatic carbocycles. The van der Waals surface area contributed by atoms with Crippen molar-refractivity contribution in [2.75, 3.05) is 14.1 Å².